The van der Waals surface area contributed by atoms with Gasteiger partial charge in [0.15, 0.2) is 0 Å². The lowest BCUT2D eigenvalue weighted by Gasteiger charge is -2.26. The zero-order valence-corrected chi connectivity index (χ0v) is 17.9. The molecule has 158 valence electrons. The molecule has 0 aliphatic carbocycles. The number of esters is 1. The zero-order chi connectivity index (χ0) is 21.8. The summed E-state index contributed by atoms with van der Waals surface area (Å²) in [5.74, 6) is -0.732. The molecule has 7 heteroatoms. The zero-order valence-electron chi connectivity index (χ0n) is 17.0. The Morgan fingerprint density at radius 2 is 1.97 bits per heavy atom. The summed E-state index contributed by atoms with van der Waals surface area (Å²) in [5, 5.41) is 4.79. The topological polar surface area (TPSA) is 75.7 Å². The predicted molar refractivity (Wildman–Crippen MR) is 119 cm³/mol. The van der Waals surface area contributed by atoms with Gasteiger partial charge in [0.2, 0.25) is 5.91 Å². The van der Waals surface area contributed by atoms with E-state index in [9.17, 15) is 14.4 Å². The Kier molecular flexibility index (Phi) is 6.13. The van der Waals surface area contributed by atoms with Crippen LogP contribution in [0.15, 0.2) is 66.0 Å². The highest BCUT2D eigenvalue weighted by atomic mass is 32.1. The molecule has 1 atom stereocenters. The van der Waals surface area contributed by atoms with E-state index in [4.69, 9.17) is 4.74 Å². The molecule has 0 saturated heterocycles. The molecule has 1 N–H and O–H groups in total. The minimum atomic E-state index is -0.435. The molecule has 31 heavy (non-hydrogen) atoms. The van der Waals surface area contributed by atoms with Gasteiger partial charge in [0, 0.05) is 22.7 Å². The van der Waals surface area contributed by atoms with Crippen LogP contribution in [0.3, 0.4) is 0 Å². The molecule has 0 spiro atoms. The monoisotopic (exact) mass is 434 g/mol. The fourth-order valence-electron chi connectivity index (χ4n) is 3.70. The van der Waals surface area contributed by atoms with Gasteiger partial charge >= 0.3 is 5.97 Å². The maximum atomic E-state index is 13.0. The molecular weight excluding hydrogens is 412 g/mol. The fraction of sp³-hybridized carbons (Fsp3) is 0.208. The number of ether oxygens (including phenoxy) is 1. The molecular formula is C24H22N2O4S. The van der Waals surface area contributed by atoms with Crippen molar-refractivity contribution in [2.24, 2.45) is 0 Å². The second kappa shape index (κ2) is 9.14. The summed E-state index contributed by atoms with van der Waals surface area (Å²) in [6.45, 7) is 2.50. The molecule has 1 aromatic heterocycles. The van der Waals surface area contributed by atoms with Crippen LogP contribution in [0.1, 0.15) is 50.5 Å². The summed E-state index contributed by atoms with van der Waals surface area (Å²) in [5.41, 5.74) is 2.54. The molecule has 0 radical (unpaired) electrons. The van der Waals surface area contributed by atoms with Gasteiger partial charge in [-0.05, 0) is 48.2 Å². The molecule has 0 unspecified atom stereocenters. The van der Waals surface area contributed by atoms with Gasteiger partial charge in [-0.15, -0.1) is 11.3 Å². The standard InChI is InChI=1S/C24H22N2O4S/c1-2-30-24(29)16-8-5-9-18(13-16)25-22(27)14-20(21-11-6-12-31-21)26-15-17-7-3-4-10-19(17)23(26)28/h3-13,20H,2,14-15H2,1H3,(H,25,27)/t20-/m0/s1. The third-order valence-electron chi connectivity index (χ3n) is 5.13. The highest BCUT2D eigenvalue weighted by molar-refractivity contribution is 7.10. The van der Waals surface area contributed by atoms with Gasteiger partial charge in [-0.3, -0.25) is 9.59 Å². The minimum Gasteiger partial charge on any atom is -0.462 e. The van der Waals surface area contributed by atoms with Crippen LogP contribution in [0, 0.1) is 0 Å². The second-order valence-corrected chi connectivity index (χ2v) is 8.15. The number of benzene rings is 2. The van der Waals surface area contributed by atoms with Crippen molar-refractivity contribution in [3.05, 3.63) is 87.6 Å². The molecule has 2 aromatic carbocycles. The Morgan fingerprint density at radius 3 is 2.71 bits per heavy atom. The van der Waals surface area contributed by atoms with E-state index in [-0.39, 0.29) is 30.9 Å². The number of hydrogen-bond acceptors (Lipinski definition) is 5. The van der Waals surface area contributed by atoms with E-state index >= 15 is 0 Å². The minimum absolute atomic E-state index is 0.0638. The molecule has 2 heterocycles. The lowest BCUT2D eigenvalue weighted by atomic mass is 10.1. The van der Waals surface area contributed by atoms with E-state index in [2.05, 4.69) is 5.32 Å². The van der Waals surface area contributed by atoms with E-state index in [0.717, 1.165) is 10.4 Å². The first-order valence-corrected chi connectivity index (χ1v) is 10.9. The second-order valence-electron chi connectivity index (χ2n) is 7.17. The molecule has 0 fully saturated rings. The van der Waals surface area contributed by atoms with Crippen molar-refractivity contribution >= 4 is 34.8 Å². The van der Waals surface area contributed by atoms with Gasteiger partial charge in [0.25, 0.3) is 5.91 Å². The molecule has 1 aliphatic rings. The van der Waals surface area contributed by atoms with E-state index in [1.807, 2.05) is 41.8 Å². The quantitative estimate of drug-likeness (QED) is 0.549. The lowest BCUT2D eigenvalue weighted by molar-refractivity contribution is -0.117. The maximum absolute atomic E-state index is 13.0. The first-order chi connectivity index (χ1) is 15.1. The largest absolute Gasteiger partial charge is 0.462 e. The molecule has 0 saturated carbocycles. The van der Waals surface area contributed by atoms with Crippen LogP contribution in [-0.2, 0) is 16.1 Å². The SMILES string of the molecule is CCOC(=O)c1cccc(NC(=O)C[C@@H](c2cccs2)N2Cc3ccccc3C2=O)c1. The summed E-state index contributed by atoms with van der Waals surface area (Å²) < 4.78 is 5.02. The van der Waals surface area contributed by atoms with Gasteiger partial charge in [-0.1, -0.05) is 30.3 Å². The lowest BCUT2D eigenvalue weighted by Crippen LogP contribution is -2.31. The van der Waals surface area contributed by atoms with Gasteiger partial charge in [-0.25, -0.2) is 4.79 Å². The molecule has 2 amide bonds. The smallest absolute Gasteiger partial charge is 0.338 e. The summed E-state index contributed by atoms with van der Waals surface area (Å²) in [4.78, 5) is 40.6. The van der Waals surface area contributed by atoms with Crippen molar-refractivity contribution in [2.45, 2.75) is 25.9 Å². The number of nitrogens with zero attached hydrogens (tertiary/aromatic N) is 1. The number of nitrogens with one attached hydrogen (secondary N) is 1. The summed E-state index contributed by atoms with van der Waals surface area (Å²) >= 11 is 1.52. The number of rotatable bonds is 7. The van der Waals surface area contributed by atoms with Crippen molar-refractivity contribution in [1.29, 1.82) is 0 Å². The Hall–Kier alpha value is -3.45. The number of hydrogen-bond donors (Lipinski definition) is 1. The van der Waals surface area contributed by atoms with Crippen molar-refractivity contribution in [1.82, 2.24) is 4.90 Å². The van der Waals surface area contributed by atoms with Crippen molar-refractivity contribution in [2.75, 3.05) is 11.9 Å². The Morgan fingerprint density at radius 1 is 1.13 bits per heavy atom. The highest BCUT2D eigenvalue weighted by Crippen LogP contribution is 2.35. The number of thiophene rings is 1. The summed E-state index contributed by atoms with van der Waals surface area (Å²) in [6, 6.07) is 17.7. The fourth-order valence-corrected chi connectivity index (χ4v) is 4.54. The maximum Gasteiger partial charge on any atom is 0.338 e. The normalized spacial score (nSPS) is 13.6. The van der Waals surface area contributed by atoms with Crippen LogP contribution in [0.2, 0.25) is 0 Å². The molecule has 3 aromatic rings. The predicted octanol–water partition coefficient (Wildman–Crippen LogP) is 4.65. The Bertz CT molecular complexity index is 1110. The van der Waals surface area contributed by atoms with Crippen LogP contribution in [-0.4, -0.2) is 29.3 Å². The van der Waals surface area contributed by atoms with E-state index in [1.165, 1.54) is 11.3 Å². The Balaban J connectivity index is 1.51. The van der Waals surface area contributed by atoms with E-state index < -0.39 is 5.97 Å². The third-order valence-corrected chi connectivity index (χ3v) is 6.11. The third kappa shape index (κ3) is 4.51. The average Bonchev–Trinajstić information content (AvgIpc) is 3.41. The van der Waals surface area contributed by atoms with Crippen molar-refractivity contribution in [3.8, 4) is 0 Å². The molecule has 1 aliphatic heterocycles. The number of carbonyl (C=O) groups excluding carboxylic acids is 3. The summed E-state index contributed by atoms with van der Waals surface area (Å²) in [6.07, 6.45) is 0.115. The first-order valence-electron chi connectivity index (χ1n) is 10.1. The van der Waals surface area contributed by atoms with E-state index in [0.29, 0.717) is 23.4 Å². The van der Waals surface area contributed by atoms with Gasteiger partial charge in [-0.2, -0.15) is 0 Å². The van der Waals surface area contributed by atoms with Gasteiger partial charge in [0.05, 0.1) is 24.6 Å². The van der Waals surface area contributed by atoms with Gasteiger partial charge < -0.3 is 15.0 Å². The van der Waals surface area contributed by atoms with Crippen LogP contribution < -0.4 is 5.32 Å². The van der Waals surface area contributed by atoms with Crippen molar-refractivity contribution in [3.63, 3.8) is 0 Å². The van der Waals surface area contributed by atoms with Crippen molar-refractivity contribution < 1.29 is 19.1 Å². The number of anilines is 1. The van der Waals surface area contributed by atoms with Crippen LogP contribution >= 0.6 is 11.3 Å². The molecule has 4 rings (SSSR count). The highest BCUT2D eigenvalue weighted by Gasteiger charge is 2.34. The molecule has 0 bridgehead atoms. The van der Waals surface area contributed by atoms with Crippen LogP contribution in [0.4, 0.5) is 5.69 Å². The number of amides is 2. The summed E-state index contributed by atoms with van der Waals surface area (Å²) in [7, 11) is 0. The molecule has 6 nitrogen and oxygen atoms in total. The van der Waals surface area contributed by atoms with E-state index in [1.54, 1.807) is 36.1 Å². The Labute approximate surface area is 184 Å². The van der Waals surface area contributed by atoms with Crippen LogP contribution in [0.25, 0.3) is 0 Å². The number of fused-ring (bicyclic) bond motifs is 1. The number of carbonyl (C=O) groups is 3. The average molecular weight is 435 g/mol. The first kappa shape index (κ1) is 20.8. The van der Waals surface area contributed by atoms with Crippen LogP contribution in [0.5, 0.6) is 0 Å². The van der Waals surface area contributed by atoms with Gasteiger partial charge in [0.1, 0.15) is 0 Å².